The minimum atomic E-state index is 0.139. The van der Waals surface area contributed by atoms with Crippen LogP contribution in [-0.4, -0.2) is 12.9 Å². The molecule has 0 spiro atoms. The molecule has 1 aliphatic carbocycles. The van der Waals surface area contributed by atoms with Crippen LogP contribution in [0.25, 0.3) is 0 Å². The fraction of sp³-hybridized carbons (Fsp3) is 0.571. The number of hydrogen-bond donors (Lipinski definition) is 0. The quantitative estimate of drug-likeness (QED) is 0.526. The summed E-state index contributed by atoms with van der Waals surface area (Å²) in [5.74, 6) is 1.14. The normalized spacial score (nSPS) is 26.2. The van der Waals surface area contributed by atoms with Crippen LogP contribution >= 0.6 is 0 Å². The molecule has 2 nitrogen and oxygen atoms in total. The van der Waals surface area contributed by atoms with Crippen molar-refractivity contribution in [3.8, 4) is 0 Å². The highest BCUT2D eigenvalue weighted by Gasteiger charge is 2.20. The summed E-state index contributed by atoms with van der Waals surface area (Å²) in [5, 5.41) is 0. The second-order valence-corrected chi connectivity index (χ2v) is 2.32. The van der Waals surface area contributed by atoms with Gasteiger partial charge in [0.2, 0.25) is 0 Å². The summed E-state index contributed by atoms with van der Waals surface area (Å²) < 4.78 is 4.89. The van der Waals surface area contributed by atoms with Crippen LogP contribution in [-0.2, 0) is 9.53 Å². The molecule has 0 bridgehead atoms. The van der Waals surface area contributed by atoms with E-state index in [2.05, 4.69) is 0 Å². The molecule has 1 atom stereocenters. The van der Waals surface area contributed by atoms with Gasteiger partial charge in [-0.1, -0.05) is 6.92 Å². The van der Waals surface area contributed by atoms with Gasteiger partial charge >= 0.3 is 0 Å². The molecule has 0 saturated heterocycles. The van der Waals surface area contributed by atoms with E-state index in [9.17, 15) is 4.79 Å². The van der Waals surface area contributed by atoms with E-state index in [1.165, 1.54) is 0 Å². The van der Waals surface area contributed by atoms with Gasteiger partial charge in [0.25, 0.3) is 0 Å². The fourth-order valence-corrected chi connectivity index (χ4v) is 0.904. The number of hydrogen-bond acceptors (Lipinski definition) is 2. The predicted molar refractivity (Wildman–Crippen MR) is 33.9 cm³/mol. The maximum atomic E-state index is 10.8. The molecule has 50 valence electrons. The molecule has 9 heavy (non-hydrogen) atoms. The molecule has 1 aliphatic rings. The topological polar surface area (TPSA) is 26.3 Å². The van der Waals surface area contributed by atoms with Crippen LogP contribution in [0.3, 0.4) is 0 Å². The Bertz CT molecular complexity index is 158. The number of ether oxygens (including phenoxy) is 1. The van der Waals surface area contributed by atoms with Crippen molar-refractivity contribution in [2.24, 2.45) is 5.92 Å². The third-order valence-corrected chi connectivity index (χ3v) is 1.56. The largest absolute Gasteiger partial charge is 0.501 e. The Morgan fingerprint density at radius 3 is 2.67 bits per heavy atom. The standard InChI is InChI=1S/C7H10O2/c1-5-3-6(9-2)4-7(5)8/h4-5H,3H2,1-2H3. The second kappa shape index (κ2) is 2.21. The smallest absolute Gasteiger partial charge is 0.162 e. The molecule has 0 saturated carbocycles. The molecular weight excluding hydrogens is 116 g/mol. The summed E-state index contributed by atoms with van der Waals surface area (Å²) in [5.41, 5.74) is 0. The van der Waals surface area contributed by atoms with E-state index in [1.54, 1.807) is 13.2 Å². The first-order chi connectivity index (χ1) is 4.24. The van der Waals surface area contributed by atoms with Crippen molar-refractivity contribution in [2.75, 3.05) is 7.11 Å². The Morgan fingerprint density at radius 2 is 2.44 bits per heavy atom. The highest BCUT2D eigenvalue weighted by molar-refractivity contribution is 5.94. The van der Waals surface area contributed by atoms with Crippen LogP contribution < -0.4 is 0 Å². The molecule has 0 heterocycles. The van der Waals surface area contributed by atoms with E-state index < -0.39 is 0 Å². The summed E-state index contributed by atoms with van der Waals surface area (Å²) >= 11 is 0. The van der Waals surface area contributed by atoms with E-state index in [-0.39, 0.29) is 11.7 Å². The van der Waals surface area contributed by atoms with Gasteiger partial charge in [0, 0.05) is 18.4 Å². The molecule has 1 rings (SSSR count). The van der Waals surface area contributed by atoms with Gasteiger partial charge in [-0.05, 0) is 0 Å². The zero-order chi connectivity index (χ0) is 6.85. The Hall–Kier alpha value is -0.790. The molecular formula is C7H10O2. The second-order valence-electron chi connectivity index (χ2n) is 2.32. The van der Waals surface area contributed by atoms with Crippen molar-refractivity contribution >= 4 is 5.78 Å². The van der Waals surface area contributed by atoms with Crippen LogP contribution in [0, 0.1) is 5.92 Å². The Labute approximate surface area is 54.5 Å². The maximum absolute atomic E-state index is 10.8. The molecule has 1 unspecified atom stereocenters. The lowest BCUT2D eigenvalue weighted by Crippen LogP contribution is -1.99. The van der Waals surface area contributed by atoms with Crippen molar-refractivity contribution < 1.29 is 9.53 Å². The van der Waals surface area contributed by atoms with Crippen LogP contribution in [0.4, 0.5) is 0 Å². The minimum Gasteiger partial charge on any atom is -0.501 e. The molecule has 0 aliphatic heterocycles. The maximum Gasteiger partial charge on any atom is 0.162 e. The van der Waals surface area contributed by atoms with E-state index >= 15 is 0 Å². The first kappa shape index (κ1) is 6.33. The molecule has 0 N–H and O–H groups in total. The average molecular weight is 126 g/mol. The summed E-state index contributed by atoms with van der Waals surface area (Å²) in [6, 6.07) is 0. The Morgan fingerprint density at radius 1 is 1.78 bits per heavy atom. The first-order valence-electron chi connectivity index (χ1n) is 3.02. The predicted octanol–water partition coefficient (Wildman–Crippen LogP) is 1.13. The lowest BCUT2D eigenvalue weighted by molar-refractivity contribution is -0.116. The zero-order valence-corrected chi connectivity index (χ0v) is 5.68. The summed E-state index contributed by atoms with van der Waals surface area (Å²) in [6.45, 7) is 1.91. The highest BCUT2D eigenvalue weighted by atomic mass is 16.5. The molecule has 0 aromatic rings. The summed E-state index contributed by atoms with van der Waals surface area (Å²) in [4.78, 5) is 10.8. The van der Waals surface area contributed by atoms with E-state index in [0.29, 0.717) is 0 Å². The number of carbonyl (C=O) groups is 1. The molecule has 0 fully saturated rings. The number of rotatable bonds is 1. The SMILES string of the molecule is COC1=CC(=O)C(C)C1. The zero-order valence-electron chi connectivity index (χ0n) is 5.68. The Kier molecular flexibility index (Phi) is 1.56. The minimum absolute atomic E-state index is 0.139. The van der Waals surface area contributed by atoms with Gasteiger partial charge in [0.15, 0.2) is 5.78 Å². The average Bonchev–Trinajstić information content (AvgIpc) is 2.13. The monoisotopic (exact) mass is 126 g/mol. The van der Waals surface area contributed by atoms with Crippen molar-refractivity contribution in [1.29, 1.82) is 0 Å². The van der Waals surface area contributed by atoms with Gasteiger partial charge in [-0.2, -0.15) is 0 Å². The van der Waals surface area contributed by atoms with Gasteiger partial charge < -0.3 is 4.74 Å². The highest BCUT2D eigenvalue weighted by Crippen LogP contribution is 2.20. The van der Waals surface area contributed by atoms with Gasteiger partial charge in [0.05, 0.1) is 12.9 Å². The van der Waals surface area contributed by atoms with Crippen molar-refractivity contribution in [2.45, 2.75) is 13.3 Å². The number of allylic oxidation sites excluding steroid dienone is 2. The van der Waals surface area contributed by atoms with Gasteiger partial charge in [0.1, 0.15) is 0 Å². The third-order valence-electron chi connectivity index (χ3n) is 1.56. The van der Waals surface area contributed by atoms with Crippen LogP contribution in [0.5, 0.6) is 0 Å². The summed E-state index contributed by atoms with van der Waals surface area (Å²) in [6.07, 6.45) is 2.35. The number of methoxy groups -OCH3 is 1. The van der Waals surface area contributed by atoms with Gasteiger partial charge in [-0.3, -0.25) is 4.79 Å². The first-order valence-corrected chi connectivity index (χ1v) is 3.02. The van der Waals surface area contributed by atoms with E-state index in [1.807, 2.05) is 6.92 Å². The number of carbonyl (C=O) groups excluding carboxylic acids is 1. The van der Waals surface area contributed by atoms with Crippen molar-refractivity contribution in [3.05, 3.63) is 11.8 Å². The van der Waals surface area contributed by atoms with Crippen LogP contribution in [0.1, 0.15) is 13.3 Å². The Balaban J connectivity index is 2.62. The number of ketones is 1. The lowest BCUT2D eigenvalue weighted by Gasteiger charge is -1.98. The van der Waals surface area contributed by atoms with Crippen molar-refractivity contribution in [1.82, 2.24) is 0 Å². The third kappa shape index (κ3) is 1.12. The summed E-state index contributed by atoms with van der Waals surface area (Å²) in [7, 11) is 1.59. The molecule has 0 aromatic heterocycles. The molecule has 0 aromatic carbocycles. The van der Waals surface area contributed by atoms with Crippen LogP contribution in [0.2, 0.25) is 0 Å². The lowest BCUT2D eigenvalue weighted by atomic mass is 10.1. The van der Waals surface area contributed by atoms with E-state index in [4.69, 9.17) is 4.74 Å². The van der Waals surface area contributed by atoms with Crippen LogP contribution in [0.15, 0.2) is 11.8 Å². The fourth-order valence-electron chi connectivity index (χ4n) is 0.904. The molecule has 0 radical (unpaired) electrons. The molecule has 2 heteroatoms. The van der Waals surface area contributed by atoms with Gasteiger partial charge in [-0.25, -0.2) is 0 Å². The van der Waals surface area contributed by atoms with E-state index in [0.717, 1.165) is 12.2 Å². The van der Waals surface area contributed by atoms with Crippen molar-refractivity contribution in [3.63, 3.8) is 0 Å². The van der Waals surface area contributed by atoms with Gasteiger partial charge in [-0.15, -0.1) is 0 Å². The molecule has 0 amide bonds.